The van der Waals surface area contributed by atoms with Gasteiger partial charge in [-0.2, -0.15) is 14.9 Å². The molecule has 0 fully saturated rings. The lowest BCUT2D eigenvalue weighted by atomic mass is 10.2. The summed E-state index contributed by atoms with van der Waals surface area (Å²) < 4.78 is 7.59. The van der Waals surface area contributed by atoms with E-state index in [1.54, 1.807) is 10.9 Å². The molecule has 0 aliphatic heterocycles. The maximum Gasteiger partial charge on any atom is 0.216 e. The van der Waals surface area contributed by atoms with E-state index in [0.717, 1.165) is 16.9 Å². The second kappa shape index (κ2) is 7.23. The van der Waals surface area contributed by atoms with Crippen LogP contribution >= 0.6 is 12.2 Å². The van der Waals surface area contributed by atoms with Gasteiger partial charge in [-0.15, -0.1) is 0 Å². The molecular weight excluding hydrogens is 320 g/mol. The van der Waals surface area contributed by atoms with Crippen molar-refractivity contribution in [1.82, 2.24) is 14.9 Å². The third-order valence-corrected chi connectivity index (χ3v) is 3.72. The Morgan fingerprint density at radius 3 is 2.79 bits per heavy atom. The summed E-state index contributed by atoms with van der Waals surface area (Å²) in [7, 11) is 0. The van der Waals surface area contributed by atoms with Gasteiger partial charge in [-0.25, -0.2) is 5.10 Å². The molecule has 0 unspecified atom stereocenters. The molecule has 122 valence electrons. The van der Waals surface area contributed by atoms with Crippen molar-refractivity contribution in [2.24, 2.45) is 5.10 Å². The molecule has 0 aliphatic carbocycles. The van der Waals surface area contributed by atoms with Gasteiger partial charge in [-0.1, -0.05) is 42.0 Å². The second-order valence-corrected chi connectivity index (χ2v) is 5.67. The van der Waals surface area contributed by atoms with Crippen molar-refractivity contribution in [2.75, 3.05) is 6.61 Å². The zero-order valence-electron chi connectivity index (χ0n) is 13.6. The van der Waals surface area contributed by atoms with E-state index in [2.05, 4.69) is 22.2 Å². The molecule has 0 saturated carbocycles. The van der Waals surface area contributed by atoms with Crippen molar-refractivity contribution in [1.29, 1.82) is 0 Å². The van der Waals surface area contributed by atoms with Gasteiger partial charge < -0.3 is 4.74 Å². The smallest absolute Gasteiger partial charge is 0.216 e. The molecule has 3 rings (SSSR count). The lowest BCUT2D eigenvalue weighted by molar-refractivity contribution is 0.340. The Morgan fingerprint density at radius 1 is 1.25 bits per heavy atom. The number of H-pyrrole nitrogens is 1. The maximum atomic E-state index is 5.54. The summed E-state index contributed by atoms with van der Waals surface area (Å²) in [5.41, 5.74) is 3.09. The van der Waals surface area contributed by atoms with Crippen molar-refractivity contribution >= 4 is 18.4 Å². The highest BCUT2D eigenvalue weighted by Crippen LogP contribution is 2.22. The highest BCUT2D eigenvalue weighted by atomic mass is 32.1. The van der Waals surface area contributed by atoms with E-state index < -0.39 is 0 Å². The fourth-order valence-corrected chi connectivity index (χ4v) is 2.43. The molecule has 0 aliphatic rings. The molecule has 2 aromatic carbocycles. The van der Waals surface area contributed by atoms with Gasteiger partial charge >= 0.3 is 0 Å². The van der Waals surface area contributed by atoms with Crippen LogP contribution in [0.5, 0.6) is 5.75 Å². The van der Waals surface area contributed by atoms with E-state index in [1.165, 1.54) is 5.56 Å². The molecule has 1 heterocycles. The van der Waals surface area contributed by atoms with E-state index >= 15 is 0 Å². The SMILES string of the molecule is CCOc1cccc(-c2n[nH]c(=S)n2/N=C\c2ccc(C)cc2)c1. The Bertz CT molecular complexity index is 909. The molecule has 1 aromatic heterocycles. The van der Waals surface area contributed by atoms with Crippen molar-refractivity contribution in [3.05, 3.63) is 64.4 Å². The maximum absolute atomic E-state index is 5.54. The second-order valence-electron chi connectivity index (χ2n) is 5.28. The van der Waals surface area contributed by atoms with Gasteiger partial charge in [-0.05, 0) is 43.8 Å². The van der Waals surface area contributed by atoms with Crippen molar-refractivity contribution in [3.63, 3.8) is 0 Å². The van der Waals surface area contributed by atoms with Gasteiger partial charge in [0.25, 0.3) is 0 Å². The summed E-state index contributed by atoms with van der Waals surface area (Å²) >= 11 is 5.29. The molecule has 0 spiro atoms. The standard InChI is InChI=1S/C18H18N4OS/c1-3-23-16-6-4-5-15(11-16)17-20-21-18(24)22(17)19-12-14-9-7-13(2)8-10-14/h4-12H,3H2,1-2H3,(H,21,24)/b19-12-. The van der Waals surface area contributed by atoms with Crippen LogP contribution in [0.15, 0.2) is 53.6 Å². The normalized spacial score (nSPS) is 11.1. The Morgan fingerprint density at radius 2 is 2.04 bits per heavy atom. The number of aryl methyl sites for hydroxylation is 1. The first kappa shape index (κ1) is 16.1. The number of ether oxygens (including phenoxy) is 1. The first-order valence-corrected chi connectivity index (χ1v) is 8.10. The third-order valence-electron chi connectivity index (χ3n) is 3.45. The van der Waals surface area contributed by atoms with Crippen LogP contribution in [-0.2, 0) is 0 Å². The molecule has 0 radical (unpaired) electrons. The topological polar surface area (TPSA) is 55.2 Å². The van der Waals surface area contributed by atoms with Crippen LogP contribution in [0.2, 0.25) is 0 Å². The molecule has 0 bridgehead atoms. The minimum Gasteiger partial charge on any atom is -0.494 e. The van der Waals surface area contributed by atoms with E-state index in [1.807, 2.05) is 55.5 Å². The monoisotopic (exact) mass is 338 g/mol. The van der Waals surface area contributed by atoms with Crippen LogP contribution < -0.4 is 4.74 Å². The number of hydrogen-bond acceptors (Lipinski definition) is 4. The molecule has 3 aromatic rings. The summed E-state index contributed by atoms with van der Waals surface area (Å²) in [4.78, 5) is 0. The largest absolute Gasteiger partial charge is 0.494 e. The fourth-order valence-electron chi connectivity index (χ4n) is 2.25. The molecular formula is C18H18N4OS. The highest BCUT2D eigenvalue weighted by Gasteiger charge is 2.09. The van der Waals surface area contributed by atoms with Gasteiger partial charge in [-0.3, -0.25) is 0 Å². The first-order valence-electron chi connectivity index (χ1n) is 7.69. The lowest BCUT2D eigenvalue weighted by Gasteiger charge is -2.05. The van der Waals surface area contributed by atoms with Crippen molar-refractivity contribution in [3.8, 4) is 17.1 Å². The number of nitrogens with zero attached hydrogens (tertiary/aromatic N) is 3. The van der Waals surface area contributed by atoms with Crippen LogP contribution in [-0.4, -0.2) is 27.7 Å². The van der Waals surface area contributed by atoms with Gasteiger partial charge in [0, 0.05) is 5.56 Å². The first-order chi connectivity index (χ1) is 11.7. The quantitative estimate of drug-likeness (QED) is 0.560. The Balaban J connectivity index is 1.95. The summed E-state index contributed by atoms with van der Waals surface area (Å²) in [5.74, 6) is 1.43. The zero-order chi connectivity index (χ0) is 16.9. The molecule has 5 nitrogen and oxygen atoms in total. The number of nitrogens with one attached hydrogen (secondary N) is 1. The number of benzene rings is 2. The van der Waals surface area contributed by atoms with Crippen molar-refractivity contribution in [2.45, 2.75) is 13.8 Å². The van der Waals surface area contributed by atoms with Crippen LogP contribution in [0, 0.1) is 11.7 Å². The number of aromatic nitrogens is 3. The summed E-state index contributed by atoms with van der Waals surface area (Å²) in [6.45, 7) is 4.62. The average Bonchev–Trinajstić information content (AvgIpc) is 2.96. The van der Waals surface area contributed by atoms with Crippen molar-refractivity contribution < 1.29 is 4.74 Å². The molecule has 0 atom stereocenters. The Kier molecular flexibility index (Phi) is 4.86. The van der Waals surface area contributed by atoms with E-state index in [-0.39, 0.29) is 0 Å². The van der Waals surface area contributed by atoms with Gasteiger partial charge in [0.15, 0.2) is 5.82 Å². The predicted octanol–water partition coefficient (Wildman–Crippen LogP) is 4.20. The number of rotatable bonds is 5. The van der Waals surface area contributed by atoms with Gasteiger partial charge in [0.2, 0.25) is 4.77 Å². The molecule has 6 heteroatoms. The summed E-state index contributed by atoms with van der Waals surface area (Å²) in [6.07, 6.45) is 1.76. The summed E-state index contributed by atoms with van der Waals surface area (Å²) in [5, 5.41) is 11.6. The van der Waals surface area contributed by atoms with Gasteiger partial charge in [0.1, 0.15) is 5.75 Å². The Hall–Kier alpha value is -2.73. The van der Waals surface area contributed by atoms with Crippen LogP contribution in [0.1, 0.15) is 18.1 Å². The van der Waals surface area contributed by atoms with E-state index in [4.69, 9.17) is 17.0 Å². The molecule has 1 N–H and O–H groups in total. The minimum absolute atomic E-state index is 0.440. The predicted molar refractivity (Wildman–Crippen MR) is 98.2 cm³/mol. The molecule has 24 heavy (non-hydrogen) atoms. The van der Waals surface area contributed by atoms with Crippen LogP contribution in [0.3, 0.4) is 0 Å². The number of hydrogen-bond donors (Lipinski definition) is 1. The third kappa shape index (κ3) is 3.60. The highest BCUT2D eigenvalue weighted by molar-refractivity contribution is 7.71. The summed E-state index contributed by atoms with van der Waals surface area (Å²) in [6, 6.07) is 15.8. The van der Waals surface area contributed by atoms with E-state index in [9.17, 15) is 0 Å². The van der Waals surface area contributed by atoms with Crippen LogP contribution in [0.25, 0.3) is 11.4 Å². The molecule has 0 saturated heterocycles. The fraction of sp³-hybridized carbons (Fsp3) is 0.167. The Labute approximate surface area is 145 Å². The van der Waals surface area contributed by atoms with Crippen LogP contribution in [0.4, 0.5) is 0 Å². The average molecular weight is 338 g/mol. The zero-order valence-corrected chi connectivity index (χ0v) is 14.4. The molecule has 0 amide bonds. The van der Waals surface area contributed by atoms with Gasteiger partial charge in [0.05, 0.1) is 12.8 Å². The lowest BCUT2D eigenvalue weighted by Crippen LogP contribution is -1.96. The number of aromatic amines is 1. The minimum atomic E-state index is 0.440. The van der Waals surface area contributed by atoms with E-state index in [0.29, 0.717) is 17.2 Å².